The van der Waals surface area contributed by atoms with Gasteiger partial charge in [-0.3, -0.25) is 0 Å². The van der Waals surface area contributed by atoms with Gasteiger partial charge in [-0.2, -0.15) is 0 Å². The highest BCUT2D eigenvalue weighted by Gasteiger charge is 2.27. The third kappa shape index (κ3) is 2.76. The minimum atomic E-state index is 0.203. The molecule has 0 aromatic rings. The van der Waals surface area contributed by atoms with Crippen molar-refractivity contribution in [2.75, 3.05) is 13.2 Å². The average molecular weight is 259 g/mol. The molecule has 3 nitrogen and oxygen atoms in total. The summed E-state index contributed by atoms with van der Waals surface area (Å²) in [5, 5.41) is 3.55. The van der Waals surface area contributed by atoms with E-state index in [0.717, 1.165) is 37.5 Å². The Balaban J connectivity index is 1.97. The van der Waals surface area contributed by atoms with E-state index in [0.29, 0.717) is 6.04 Å². The van der Waals surface area contributed by atoms with Gasteiger partial charge in [-0.05, 0) is 32.4 Å². The first-order chi connectivity index (χ1) is 9.34. The van der Waals surface area contributed by atoms with Crippen LogP contribution in [0.3, 0.4) is 0 Å². The lowest BCUT2D eigenvalue weighted by Crippen LogP contribution is -2.26. The number of nitrogens with one attached hydrogen (secondary N) is 1. The summed E-state index contributed by atoms with van der Waals surface area (Å²) in [7, 11) is 0. The summed E-state index contributed by atoms with van der Waals surface area (Å²) in [5.74, 6) is 1.79. The van der Waals surface area contributed by atoms with Gasteiger partial charge in [0.05, 0.1) is 12.7 Å². The Morgan fingerprint density at radius 3 is 3.00 bits per heavy atom. The van der Waals surface area contributed by atoms with Crippen LogP contribution in [0.1, 0.15) is 26.2 Å². The molecule has 0 aromatic carbocycles. The number of rotatable bonds is 1. The third-order valence-corrected chi connectivity index (χ3v) is 3.77. The molecule has 2 atom stereocenters. The molecule has 1 aliphatic carbocycles. The predicted octanol–water partition coefficient (Wildman–Crippen LogP) is 2.83. The van der Waals surface area contributed by atoms with E-state index in [2.05, 4.69) is 24.4 Å². The Hall–Kier alpha value is -1.48. The van der Waals surface area contributed by atoms with Gasteiger partial charge >= 0.3 is 0 Å². The lowest BCUT2D eigenvalue weighted by molar-refractivity contribution is 0.130. The van der Waals surface area contributed by atoms with E-state index in [1.165, 1.54) is 12.0 Å². The molecule has 2 aliphatic heterocycles. The van der Waals surface area contributed by atoms with Gasteiger partial charge in [-0.25, -0.2) is 0 Å². The number of hydrogen-bond acceptors (Lipinski definition) is 3. The Bertz CT molecular complexity index is 453. The maximum atomic E-state index is 6.14. The largest absolute Gasteiger partial charge is 0.490 e. The second kappa shape index (κ2) is 5.66. The predicted molar refractivity (Wildman–Crippen MR) is 75.5 cm³/mol. The van der Waals surface area contributed by atoms with Crippen molar-refractivity contribution in [1.29, 1.82) is 0 Å². The number of hydrogen-bond donors (Lipinski definition) is 1. The van der Waals surface area contributed by atoms with Gasteiger partial charge in [0, 0.05) is 18.0 Å². The summed E-state index contributed by atoms with van der Waals surface area (Å²) < 4.78 is 12.0. The first kappa shape index (κ1) is 12.5. The fraction of sp³-hybridized carbons (Fsp3) is 0.500. The summed E-state index contributed by atoms with van der Waals surface area (Å²) in [6, 6.07) is 0.384. The lowest BCUT2D eigenvalue weighted by Gasteiger charge is -2.22. The lowest BCUT2D eigenvalue weighted by atomic mass is 10.0. The first-order valence-electron chi connectivity index (χ1n) is 7.17. The molecule has 3 rings (SSSR count). The molecule has 0 amide bonds. The van der Waals surface area contributed by atoms with Crippen molar-refractivity contribution >= 4 is 0 Å². The minimum Gasteiger partial charge on any atom is -0.490 e. The van der Waals surface area contributed by atoms with Gasteiger partial charge < -0.3 is 14.8 Å². The van der Waals surface area contributed by atoms with Gasteiger partial charge in [0.1, 0.15) is 0 Å². The van der Waals surface area contributed by atoms with Crippen molar-refractivity contribution in [3.8, 4) is 0 Å². The fourth-order valence-corrected chi connectivity index (χ4v) is 2.72. The zero-order valence-corrected chi connectivity index (χ0v) is 11.4. The van der Waals surface area contributed by atoms with Crippen LogP contribution in [-0.2, 0) is 9.47 Å². The first-order valence-corrected chi connectivity index (χ1v) is 7.17. The van der Waals surface area contributed by atoms with Crippen molar-refractivity contribution in [1.82, 2.24) is 5.32 Å². The molecular weight excluding hydrogens is 238 g/mol. The van der Waals surface area contributed by atoms with Crippen molar-refractivity contribution in [2.45, 2.75) is 38.3 Å². The SMILES string of the molecule is CC1CCOC2=C(O1)C(\C1CCCN1)=C/C=C/C=C\2. The average Bonchev–Trinajstić information content (AvgIpc) is 2.84. The van der Waals surface area contributed by atoms with E-state index in [9.17, 15) is 0 Å². The molecular formula is C16H21NO2. The van der Waals surface area contributed by atoms with Gasteiger partial charge in [-0.15, -0.1) is 0 Å². The molecule has 102 valence electrons. The Morgan fingerprint density at radius 2 is 2.16 bits per heavy atom. The minimum absolute atomic E-state index is 0.203. The van der Waals surface area contributed by atoms with Crippen molar-refractivity contribution < 1.29 is 9.47 Å². The van der Waals surface area contributed by atoms with Crippen LogP contribution >= 0.6 is 0 Å². The monoisotopic (exact) mass is 259 g/mol. The summed E-state index contributed by atoms with van der Waals surface area (Å²) in [6.07, 6.45) is 13.8. The molecule has 0 saturated carbocycles. The standard InChI is InChI=1S/C16H21NO2/c1-12-9-11-18-15-8-4-2-3-6-13(16(15)19-12)14-7-5-10-17-14/h2-4,6,8,12,14,17H,5,7,9-11H2,1H3/b3-2+,4-2?,6-3?,8-4-,13-6-,15-8?,16-13?. The van der Waals surface area contributed by atoms with Crippen LogP contribution in [0.4, 0.5) is 0 Å². The van der Waals surface area contributed by atoms with E-state index in [-0.39, 0.29) is 6.10 Å². The zero-order valence-electron chi connectivity index (χ0n) is 11.4. The highest BCUT2D eigenvalue weighted by atomic mass is 16.5. The van der Waals surface area contributed by atoms with Gasteiger partial charge in [-0.1, -0.05) is 24.3 Å². The fourth-order valence-electron chi connectivity index (χ4n) is 2.72. The Kier molecular flexibility index (Phi) is 3.74. The van der Waals surface area contributed by atoms with Gasteiger partial charge in [0.2, 0.25) is 0 Å². The molecule has 0 spiro atoms. The van der Waals surface area contributed by atoms with Crippen LogP contribution in [0.25, 0.3) is 0 Å². The summed E-state index contributed by atoms with van der Waals surface area (Å²) in [5.41, 5.74) is 1.22. The highest BCUT2D eigenvalue weighted by Crippen LogP contribution is 2.30. The topological polar surface area (TPSA) is 30.5 Å². The molecule has 1 fully saturated rings. The zero-order chi connectivity index (χ0) is 13.1. The van der Waals surface area contributed by atoms with Crippen molar-refractivity contribution in [3.63, 3.8) is 0 Å². The molecule has 0 bridgehead atoms. The number of allylic oxidation sites excluding steroid dienone is 5. The molecule has 2 heterocycles. The molecule has 3 aliphatic rings. The smallest absolute Gasteiger partial charge is 0.166 e. The molecule has 0 radical (unpaired) electrons. The second-order valence-corrected chi connectivity index (χ2v) is 5.27. The normalized spacial score (nSPS) is 36.8. The van der Waals surface area contributed by atoms with E-state index >= 15 is 0 Å². The Morgan fingerprint density at radius 1 is 1.21 bits per heavy atom. The van der Waals surface area contributed by atoms with Crippen LogP contribution in [0.15, 0.2) is 47.5 Å². The van der Waals surface area contributed by atoms with Crippen LogP contribution < -0.4 is 5.32 Å². The maximum Gasteiger partial charge on any atom is 0.166 e. The van der Waals surface area contributed by atoms with Crippen molar-refractivity contribution in [2.24, 2.45) is 0 Å². The van der Waals surface area contributed by atoms with Crippen LogP contribution in [0.2, 0.25) is 0 Å². The Labute approximate surface area is 114 Å². The number of ether oxygens (including phenoxy) is 2. The van der Waals surface area contributed by atoms with E-state index in [1.54, 1.807) is 0 Å². The van der Waals surface area contributed by atoms with Crippen molar-refractivity contribution in [3.05, 3.63) is 47.5 Å². The van der Waals surface area contributed by atoms with Gasteiger partial charge in [0.25, 0.3) is 0 Å². The molecule has 0 aromatic heterocycles. The van der Waals surface area contributed by atoms with E-state index in [4.69, 9.17) is 9.47 Å². The maximum absolute atomic E-state index is 6.14. The van der Waals surface area contributed by atoms with E-state index in [1.807, 2.05) is 18.2 Å². The van der Waals surface area contributed by atoms with Crippen LogP contribution in [0, 0.1) is 0 Å². The molecule has 1 saturated heterocycles. The van der Waals surface area contributed by atoms with Crippen LogP contribution in [0.5, 0.6) is 0 Å². The quantitative estimate of drug-likeness (QED) is 0.785. The van der Waals surface area contributed by atoms with Crippen LogP contribution in [-0.4, -0.2) is 25.3 Å². The molecule has 19 heavy (non-hydrogen) atoms. The second-order valence-electron chi connectivity index (χ2n) is 5.27. The molecule has 1 N–H and O–H groups in total. The summed E-state index contributed by atoms with van der Waals surface area (Å²) in [6.45, 7) is 3.91. The summed E-state index contributed by atoms with van der Waals surface area (Å²) >= 11 is 0. The van der Waals surface area contributed by atoms with E-state index < -0.39 is 0 Å². The van der Waals surface area contributed by atoms with Gasteiger partial charge in [0.15, 0.2) is 11.5 Å². The molecule has 2 unspecified atom stereocenters. The summed E-state index contributed by atoms with van der Waals surface area (Å²) in [4.78, 5) is 0. The molecule has 3 heteroatoms. The highest BCUT2D eigenvalue weighted by molar-refractivity contribution is 5.42. The third-order valence-electron chi connectivity index (χ3n) is 3.77.